The van der Waals surface area contributed by atoms with E-state index in [0.29, 0.717) is 47.8 Å². The molecule has 0 saturated carbocycles. The maximum atomic E-state index is 13.9. The molecule has 5 heterocycles. The van der Waals surface area contributed by atoms with Crippen LogP contribution in [0.15, 0.2) is 18.2 Å². The van der Waals surface area contributed by atoms with Crippen molar-refractivity contribution in [3.8, 4) is 0 Å². The van der Waals surface area contributed by atoms with E-state index in [9.17, 15) is 9.18 Å². The number of hydrogen-bond acceptors (Lipinski definition) is 9. The van der Waals surface area contributed by atoms with Gasteiger partial charge in [0, 0.05) is 23.7 Å². The summed E-state index contributed by atoms with van der Waals surface area (Å²) in [6.07, 6.45) is 2.20. The zero-order valence-corrected chi connectivity index (χ0v) is 20.2. The molecule has 2 aliphatic heterocycles. The van der Waals surface area contributed by atoms with E-state index in [1.54, 1.807) is 6.92 Å². The molecule has 3 aromatic rings. The van der Waals surface area contributed by atoms with Gasteiger partial charge < -0.3 is 31.2 Å². The standard InChI is InChI=1S/C24H27FN6O3S/c1-12-16(25)9-15-20(27)21(35-23(15)28-12)22(32)29-14-3-4-17-13(8-14)2-5-19(30-17)31-10-18(26)24(11-31)33-6-7-34-24/h2,5,9,14,18H,3-4,6-8,10-11,26-27H2,1H3,(H,29,32). The molecule has 1 aliphatic carbocycles. The van der Waals surface area contributed by atoms with Gasteiger partial charge in [0.05, 0.1) is 37.2 Å². The normalized spacial score (nSPS) is 23.2. The highest BCUT2D eigenvalue weighted by atomic mass is 32.1. The van der Waals surface area contributed by atoms with Crippen LogP contribution in [0.4, 0.5) is 15.9 Å². The van der Waals surface area contributed by atoms with E-state index in [2.05, 4.69) is 21.3 Å². The average molecular weight is 499 g/mol. The minimum absolute atomic E-state index is 0.0394. The number of pyridine rings is 2. The summed E-state index contributed by atoms with van der Waals surface area (Å²) in [6.45, 7) is 3.90. The molecule has 3 aromatic heterocycles. The number of ether oxygens (including phenoxy) is 2. The number of halogens is 1. The van der Waals surface area contributed by atoms with Crippen molar-refractivity contribution in [3.63, 3.8) is 0 Å². The van der Waals surface area contributed by atoms with E-state index in [-0.39, 0.29) is 29.4 Å². The summed E-state index contributed by atoms with van der Waals surface area (Å²) in [6, 6.07) is 5.16. The minimum Gasteiger partial charge on any atom is -0.397 e. The third-order valence-electron chi connectivity index (χ3n) is 7.13. The van der Waals surface area contributed by atoms with Crippen molar-refractivity contribution in [3.05, 3.63) is 45.8 Å². The lowest BCUT2D eigenvalue weighted by atomic mass is 9.91. The third-order valence-corrected chi connectivity index (χ3v) is 8.25. The molecule has 2 saturated heterocycles. The molecule has 6 rings (SSSR count). The van der Waals surface area contributed by atoms with Crippen LogP contribution in [0, 0.1) is 12.7 Å². The fraction of sp³-hybridized carbons (Fsp3) is 0.458. The highest BCUT2D eigenvalue weighted by Crippen LogP contribution is 2.35. The summed E-state index contributed by atoms with van der Waals surface area (Å²) in [7, 11) is 0. The lowest BCUT2D eigenvalue weighted by Gasteiger charge is -2.27. The molecule has 9 nitrogen and oxygen atoms in total. The number of carbonyl (C=O) groups excluding carboxylic acids is 1. The number of rotatable bonds is 3. The number of anilines is 2. The first kappa shape index (κ1) is 22.6. The molecule has 2 unspecified atom stereocenters. The Morgan fingerprint density at radius 2 is 2.11 bits per heavy atom. The van der Waals surface area contributed by atoms with Crippen molar-refractivity contribution in [2.24, 2.45) is 5.73 Å². The molecular formula is C24H27FN6O3S. The number of fused-ring (bicyclic) bond motifs is 2. The van der Waals surface area contributed by atoms with E-state index < -0.39 is 11.6 Å². The number of carbonyl (C=O) groups is 1. The van der Waals surface area contributed by atoms with E-state index in [1.807, 2.05) is 6.07 Å². The van der Waals surface area contributed by atoms with E-state index in [4.69, 9.17) is 25.9 Å². The summed E-state index contributed by atoms with van der Waals surface area (Å²) in [5, 5.41) is 3.58. The van der Waals surface area contributed by atoms with Gasteiger partial charge in [-0.2, -0.15) is 0 Å². The summed E-state index contributed by atoms with van der Waals surface area (Å²) in [4.78, 5) is 25.2. The Morgan fingerprint density at radius 1 is 1.31 bits per heavy atom. The second-order valence-electron chi connectivity index (χ2n) is 9.44. The Labute approximate surface area is 205 Å². The number of aromatic nitrogens is 2. The fourth-order valence-electron chi connectivity index (χ4n) is 5.20. The van der Waals surface area contributed by atoms with Gasteiger partial charge in [-0.1, -0.05) is 6.07 Å². The van der Waals surface area contributed by atoms with Gasteiger partial charge in [0.1, 0.15) is 21.3 Å². The van der Waals surface area contributed by atoms with Crippen LogP contribution >= 0.6 is 11.3 Å². The molecule has 0 bridgehead atoms. The van der Waals surface area contributed by atoms with Gasteiger partial charge in [0.2, 0.25) is 5.79 Å². The van der Waals surface area contributed by atoms with Gasteiger partial charge in [-0.3, -0.25) is 4.79 Å². The number of nitrogens with one attached hydrogen (secondary N) is 1. The van der Waals surface area contributed by atoms with Crippen molar-refractivity contribution in [2.45, 2.75) is 44.1 Å². The average Bonchev–Trinajstić information content (AvgIpc) is 3.53. The van der Waals surface area contributed by atoms with Crippen LogP contribution in [0.25, 0.3) is 10.2 Å². The number of thiophene rings is 1. The van der Waals surface area contributed by atoms with Crippen LogP contribution in [0.2, 0.25) is 0 Å². The largest absolute Gasteiger partial charge is 0.397 e. The molecule has 2 fully saturated rings. The quantitative estimate of drug-likeness (QED) is 0.500. The second kappa shape index (κ2) is 8.37. The third kappa shape index (κ3) is 3.83. The molecule has 184 valence electrons. The van der Waals surface area contributed by atoms with Crippen molar-refractivity contribution in [1.29, 1.82) is 0 Å². The number of amides is 1. The smallest absolute Gasteiger partial charge is 0.263 e. The summed E-state index contributed by atoms with van der Waals surface area (Å²) in [5.74, 6) is -0.555. The molecule has 3 aliphatic rings. The van der Waals surface area contributed by atoms with E-state index in [0.717, 1.165) is 29.9 Å². The molecule has 11 heteroatoms. The molecule has 1 spiro atoms. The lowest BCUT2D eigenvalue weighted by molar-refractivity contribution is -0.147. The first-order chi connectivity index (χ1) is 16.8. The molecule has 5 N–H and O–H groups in total. The predicted octanol–water partition coefficient (Wildman–Crippen LogP) is 1.90. The molecule has 2 atom stereocenters. The number of nitrogens with zero attached hydrogens (tertiary/aromatic N) is 3. The topological polar surface area (TPSA) is 129 Å². The number of hydrogen-bond donors (Lipinski definition) is 3. The number of aryl methyl sites for hydroxylation is 2. The van der Waals surface area contributed by atoms with Gasteiger partial charge in [0.25, 0.3) is 5.91 Å². The summed E-state index contributed by atoms with van der Waals surface area (Å²) < 4.78 is 25.6. The molecule has 0 aromatic carbocycles. The zero-order chi connectivity index (χ0) is 24.3. The Hall–Kier alpha value is -2.86. The van der Waals surface area contributed by atoms with Crippen molar-refractivity contribution >= 4 is 39.0 Å². The monoisotopic (exact) mass is 498 g/mol. The van der Waals surface area contributed by atoms with Crippen LogP contribution in [-0.2, 0) is 22.3 Å². The van der Waals surface area contributed by atoms with Crippen molar-refractivity contribution in [2.75, 3.05) is 36.9 Å². The Balaban J connectivity index is 1.15. The predicted molar refractivity (Wildman–Crippen MR) is 131 cm³/mol. The summed E-state index contributed by atoms with van der Waals surface area (Å²) >= 11 is 1.19. The first-order valence-corrected chi connectivity index (χ1v) is 12.6. The molecule has 35 heavy (non-hydrogen) atoms. The molecular weight excluding hydrogens is 471 g/mol. The van der Waals surface area contributed by atoms with Crippen LogP contribution < -0.4 is 21.7 Å². The van der Waals surface area contributed by atoms with Gasteiger partial charge >= 0.3 is 0 Å². The van der Waals surface area contributed by atoms with Crippen molar-refractivity contribution < 1.29 is 18.7 Å². The second-order valence-corrected chi connectivity index (χ2v) is 10.4. The number of nitrogens with two attached hydrogens (primary N) is 2. The van der Waals surface area contributed by atoms with Crippen LogP contribution in [-0.4, -0.2) is 60.0 Å². The van der Waals surface area contributed by atoms with E-state index in [1.165, 1.54) is 17.4 Å². The SMILES string of the molecule is Cc1nc2sc(C(=O)NC3CCc4nc(N5CC(N)C6(C5)OCCO6)ccc4C3)c(N)c2cc1F. The first-order valence-electron chi connectivity index (χ1n) is 11.8. The van der Waals surface area contributed by atoms with E-state index >= 15 is 0 Å². The maximum absolute atomic E-state index is 13.9. The van der Waals surface area contributed by atoms with Crippen LogP contribution in [0.1, 0.15) is 33.0 Å². The maximum Gasteiger partial charge on any atom is 0.263 e. The van der Waals surface area contributed by atoms with Gasteiger partial charge in [-0.25, -0.2) is 14.4 Å². The Kier molecular flexibility index (Phi) is 5.40. The van der Waals surface area contributed by atoms with Gasteiger partial charge in [-0.05, 0) is 43.9 Å². The number of nitrogen functional groups attached to an aromatic ring is 1. The lowest BCUT2D eigenvalue weighted by Crippen LogP contribution is -2.47. The fourth-order valence-corrected chi connectivity index (χ4v) is 6.22. The Bertz CT molecular complexity index is 1320. The highest BCUT2D eigenvalue weighted by molar-refractivity contribution is 7.21. The highest BCUT2D eigenvalue weighted by Gasteiger charge is 2.50. The zero-order valence-electron chi connectivity index (χ0n) is 19.3. The van der Waals surface area contributed by atoms with Gasteiger partial charge in [0.15, 0.2) is 0 Å². The Morgan fingerprint density at radius 3 is 2.91 bits per heavy atom. The minimum atomic E-state index is -0.735. The summed E-state index contributed by atoms with van der Waals surface area (Å²) in [5.41, 5.74) is 15.2. The van der Waals surface area contributed by atoms with Gasteiger partial charge in [-0.15, -0.1) is 11.3 Å². The molecule has 1 amide bonds. The molecule has 0 radical (unpaired) electrons. The van der Waals surface area contributed by atoms with Crippen LogP contribution in [0.3, 0.4) is 0 Å². The van der Waals surface area contributed by atoms with Crippen molar-refractivity contribution in [1.82, 2.24) is 15.3 Å². The van der Waals surface area contributed by atoms with Crippen LogP contribution in [0.5, 0.6) is 0 Å².